The van der Waals surface area contributed by atoms with Gasteiger partial charge in [0.2, 0.25) is 5.88 Å². The highest BCUT2D eigenvalue weighted by molar-refractivity contribution is 5.96. The van der Waals surface area contributed by atoms with Crippen LogP contribution in [0.1, 0.15) is 37.3 Å². The van der Waals surface area contributed by atoms with Crippen molar-refractivity contribution in [2.75, 3.05) is 0 Å². The Morgan fingerprint density at radius 1 is 1.29 bits per heavy atom. The van der Waals surface area contributed by atoms with Gasteiger partial charge in [-0.2, -0.15) is 0 Å². The average molecular weight is 285 g/mol. The minimum Gasteiger partial charge on any atom is -0.439 e. The number of nitrogens with two attached hydrogens (primary N) is 1. The van der Waals surface area contributed by atoms with Gasteiger partial charge >= 0.3 is 0 Å². The Morgan fingerprint density at radius 3 is 2.52 bits per heavy atom. The van der Waals surface area contributed by atoms with E-state index < -0.39 is 0 Å². The van der Waals surface area contributed by atoms with E-state index in [0.29, 0.717) is 17.4 Å². The first kappa shape index (κ1) is 14.8. The number of pyridine rings is 1. The standard InChI is InChI=1S/C16H19N3O2/c1-3-11(2)12-4-7-14(8-5-12)21-15-9-6-13(10-18-15)16(17)19-20/h4-11,20H,3H2,1-2H3,(H2,17,19). The van der Waals surface area contributed by atoms with Crippen molar-refractivity contribution in [2.45, 2.75) is 26.2 Å². The van der Waals surface area contributed by atoms with Crippen LogP contribution < -0.4 is 10.5 Å². The van der Waals surface area contributed by atoms with Gasteiger partial charge in [0.05, 0.1) is 0 Å². The molecule has 1 aromatic carbocycles. The molecule has 0 aliphatic heterocycles. The van der Waals surface area contributed by atoms with Crippen molar-refractivity contribution >= 4 is 5.84 Å². The fourth-order valence-electron chi connectivity index (χ4n) is 1.87. The van der Waals surface area contributed by atoms with Crippen LogP contribution in [0.25, 0.3) is 0 Å². The Bertz CT molecular complexity index is 606. The first-order chi connectivity index (χ1) is 10.1. The summed E-state index contributed by atoms with van der Waals surface area (Å²) in [6.45, 7) is 4.37. The summed E-state index contributed by atoms with van der Waals surface area (Å²) in [6, 6.07) is 11.4. The third-order valence-electron chi connectivity index (χ3n) is 3.42. The van der Waals surface area contributed by atoms with Crippen LogP contribution in [0.2, 0.25) is 0 Å². The molecule has 0 saturated carbocycles. The lowest BCUT2D eigenvalue weighted by atomic mass is 9.99. The third kappa shape index (κ3) is 3.72. The number of hydrogen-bond donors (Lipinski definition) is 2. The first-order valence-electron chi connectivity index (χ1n) is 6.85. The maximum atomic E-state index is 8.59. The van der Waals surface area contributed by atoms with E-state index in [1.165, 1.54) is 11.8 Å². The molecule has 1 unspecified atom stereocenters. The Morgan fingerprint density at radius 2 is 2.00 bits per heavy atom. The second kappa shape index (κ2) is 6.74. The molecule has 3 N–H and O–H groups in total. The van der Waals surface area contributed by atoms with Crippen LogP contribution in [0.3, 0.4) is 0 Å². The summed E-state index contributed by atoms with van der Waals surface area (Å²) in [5, 5.41) is 11.5. The summed E-state index contributed by atoms with van der Waals surface area (Å²) < 4.78 is 5.66. The third-order valence-corrected chi connectivity index (χ3v) is 3.42. The van der Waals surface area contributed by atoms with Crippen LogP contribution in [0.4, 0.5) is 0 Å². The molecule has 1 aromatic heterocycles. The number of oxime groups is 1. The molecular weight excluding hydrogens is 266 g/mol. The lowest BCUT2D eigenvalue weighted by molar-refractivity contribution is 0.318. The van der Waals surface area contributed by atoms with Crippen molar-refractivity contribution < 1.29 is 9.94 Å². The molecule has 110 valence electrons. The normalized spacial score (nSPS) is 13.0. The molecule has 0 spiro atoms. The van der Waals surface area contributed by atoms with E-state index in [9.17, 15) is 0 Å². The van der Waals surface area contributed by atoms with Gasteiger partial charge in [0.25, 0.3) is 0 Å². The summed E-state index contributed by atoms with van der Waals surface area (Å²) in [5.41, 5.74) is 7.30. The summed E-state index contributed by atoms with van der Waals surface area (Å²) in [5.74, 6) is 1.75. The number of nitrogens with zero attached hydrogens (tertiary/aromatic N) is 2. The number of ether oxygens (including phenoxy) is 1. The molecule has 0 saturated heterocycles. The average Bonchev–Trinajstić information content (AvgIpc) is 2.55. The molecule has 2 rings (SSSR count). The Hall–Kier alpha value is -2.56. The van der Waals surface area contributed by atoms with E-state index in [-0.39, 0.29) is 5.84 Å². The van der Waals surface area contributed by atoms with E-state index in [0.717, 1.165) is 12.2 Å². The topological polar surface area (TPSA) is 80.7 Å². The zero-order valence-corrected chi connectivity index (χ0v) is 12.2. The fourth-order valence-corrected chi connectivity index (χ4v) is 1.87. The lowest BCUT2D eigenvalue weighted by Gasteiger charge is -2.10. The lowest BCUT2D eigenvalue weighted by Crippen LogP contribution is -2.13. The Labute approximate surface area is 124 Å². The summed E-state index contributed by atoms with van der Waals surface area (Å²) in [6.07, 6.45) is 2.61. The van der Waals surface area contributed by atoms with Crippen molar-refractivity contribution in [1.29, 1.82) is 0 Å². The van der Waals surface area contributed by atoms with E-state index >= 15 is 0 Å². The van der Waals surface area contributed by atoms with E-state index in [1.807, 2.05) is 12.1 Å². The van der Waals surface area contributed by atoms with Crippen LogP contribution >= 0.6 is 0 Å². The van der Waals surface area contributed by atoms with Crippen molar-refractivity contribution in [2.24, 2.45) is 10.9 Å². The van der Waals surface area contributed by atoms with Crippen molar-refractivity contribution in [3.63, 3.8) is 0 Å². The van der Waals surface area contributed by atoms with Crippen LogP contribution in [0, 0.1) is 0 Å². The number of benzene rings is 1. The second-order valence-electron chi connectivity index (χ2n) is 4.85. The quantitative estimate of drug-likeness (QED) is 0.381. The molecule has 0 bridgehead atoms. The van der Waals surface area contributed by atoms with E-state index in [1.54, 1.807) is 12.1 Å². The molecule has 21 heavy (non-hydrogen) atoms. The number of aromatic nitrogens is 1. The van der Waals surface area contributed by atoms with E-state index in [2.05, 4.69) is 36.1 Å². The molecule has 0 aliphatic carbocycles. The molecule has 5 nitrogen and oxygen atoms in total. The van der Waals surface area contributed by atoms with Crippen molar-refractivity contribution in [3.05, 3.63) is 53.7 Å². The number of amidine groups is 1. The SMILES string of the molecule is CCC(C)c1ccc(Oc2ccc(/C(N)=N/O)cn2)cc1. The predicted octanol–water partition coefficient (Wildman–Crippen LogP) is 3.48. The number of hydrogen-bond acceptors (Lipinski definition) is 4. The summed E-state index contributed by atoms with van der Waals surface area (Å²) in [7, 11) is 0. The monoisotopic (exact) mass is 285 g/mol. The summed E-state index contributed by atoms with van der Waals surface area (Å²) >= 11 is 0. The predicted molar refractivity (Wildman–Crippen MR) is 82.0 cm³/mol. The van der Waals surface area contributed by atoms with Gasteiger partial charge in [-0.05, 0) is 36.1 Å². The van der Waals surface area contributed by atoms with Gasteiger partial charge in [-0.15, -0.1) is 0 Å². The minimum atomic E-state index is 0.0203. The molecule has 1 atom stereocenters. The van der Waals surface area contributed by atoms with Gasteiger partial charge in [-0.1, -0.05) is 31.1 Å². The summed E-state index contributed by atoms with van der Waals surface area (Å²) in [4.78, 5) is 4.12. The van der Waals surface area contributed by atoms with Crippen LogP contribution in [0.15, 0.2) is 47.8 Å². The fraction of sp³-hybridized carbons (Fsp3) is 0.250. The maximum Gasteiger partial charge on any atom is 0.219 e. The highest BCUT2D eigenvalue weighted by Crippen LogP contribution is 2.24. The van der Waals surface area contributed by atoms with Crippen LogP contribution in [-0.4, -0.2) is 16.0 Å². The first-order valence-corrected chi connectivity index (χ1v) is 6.85. The molecule has 2 aromatic rings. The highest BCUT2D eigenvalue weighted by Gasteiger charge is 2.05. The smallest absolute Gasteiger partial charge is 0.219 e. The minimum absolute atomic E-state index is 0.0203. The van der Waals surface area contributed by atoms with Gasteiger partial charge in [-0.3, -0.25) is 0 Å². The number of rotatable bonds is 5. The molecule has 5 heteroatoms. The van der Waals surface area contributed by atoms with Crippen LogP contribution in [0.5, 0.6) is 11.6 Å². The zero-order chi connectivity index (χ0) is 15.2. The molecule has 0 fully saturated rings. The molecule has 0 aliphatic rings. The Balaban J connectivity index is 2.08. The molecule has 0 amide bonds. The van der Waals surface area contributed by atoms with Gasteiger partial charge in [0.15, 0.2) is 5.84 Å². The largest absolute Gasteiger partial charge is 0.439 e. The zero-order valence-electron chi connectivity index (χ0n) is 12.2. The van der Waals surface area contributed by atoms with Crippen LogP contribution in [-0.2, 0) is 0 Å². The maximum absolute atomic E-state index is 8.59. The second-order valence-corrected chi connectivity index (χ2v) is 4.85. The molecular formula is C16H19N3O2. The van der Waals surface area contributed by atoms with Gasteiger partial charge in [-0.25, -0.2) is 4.98 Å². The van der Waals surface area contributed by atoms with Gasteiger partial charge in [0.1, 0.15) is 5.75 Å². The van der Waals surface area contributed by atoms with Crippen molar-refractivity contribution in [1.82, 2.24) is 4.98 Å². The van der Waals surface area contributed by atoms with Crippen molar-refractivity contribution in [3.8, 4) is 11.6 Å². The molecule has 1 heterocycles. The Kier molecular flexibility index (Phi) is 4.77. The van der Waals surface area contributed by atoms with Gasteiger partial charge < -0.3 is 15.7 Å². The highest BCUT2D eigenvalue weighted by atomic mass is 16.5. The molecule has 0 radical (unpaired) electrons. The van der Waals surface area contributed by atoms with E-state index in [4.69, 9.17) is 15.7 Å². The van der Waals surface area contributed by atoms with Gasteiger partial charge in [0, 0.05) is 17.8 Å².